The second kappa shape index (κ2) is 5.25. The summed E-state index contributed by atoms with van der Waals surface area (Å²) in [5.41, 5.74) is 2.81. The molecule has 5 heteroatoms. The van der Waals surface area contributed by atoms with E-state index >= 15 is 0 Å². The number of thiophene rings is 1. The van der Waals surface area contributed by atoms with Gasteiger partial charge in [-0.25, -0.2) is 0 Å². The van der Waals surface area contributed by atoms with Crippen LogP contribution >= 0.6 is 11.3 Å². The van der Waals surface area contributed by atoms with Crippen molar-refractivity contribution in [3.05, 3.63) is 55.8 Å². The third kappa shape index (κ3) is 2.29. The molecule has 0 bridgehead atoms. The Labute approximate surface area is 121 Å². The summed E-state index contributed by atoms with van der Waals surface area (Å²) in [6, 6.07) is 7.76. The van der Waals surface area contributed by atoms with Crippen LogP contribution in [0.3, 0.4) is 0 Å². The third-order valence-corrected chi connectivity index (χ3v) is 4.80. The number of nitrogens with zero attached hydrogens (tertiary/aromatic N) is 1. The van der Waals surface area contributed by atoms with Crippen molar-refractivity contribution in [2.24, 2.45) is 0 Å². The maximum Gasteiger partial charge on any atom is 0.295 e. The van der Waals surface area contributed by atoms with Gasteiger partial charge in [-0.15, -0.1) is 11.3 Å². The Morgan fingerprint density at radius 2 is 2.25 bits per heavy atom. The van der Waals surface area contributed by atoms with Crippen molar-refractivity contribution in [2.75, 3.05) is 5.32 Å². The summed E-state index contributed by atoms with van der Waals surface area (Å²) in [7, 11) is 0. The van der Waals surface area contributed by atoms with E-state index in [2.05, 4.69) is 16.8 Å². The highest BCUT2D eigenvalue weighted by Gasteiger charge is 2.24. The van der Waals surface area contributed by atoms with Crippen LogP contribution in [0.4, 0.5) is 11.4 Å². The smallest absolute Gasteiger partial charge is 0.295 e. The van der Waals surface area contributed by atoms with E-state index in [1.165, 1.54) is 10.4 Å². The molecule has 0 saturated carbocycles. The van der Waals surface area contributed by atoms with E-state index in [1.54, 1.807) is 30.4 Å². The highest BCUT2D eigenvalue weighted by molar-refractivity contribution is 7.10. The molecule has 104 valence electrons. The fourth-order valence-corrected chi connectivity index (χ4v) is 3.83. The minimum Gasteiger partial charge on any atom is -0.373 e. The molecule has 0 radical (unpaired) electrons. The van der Waals surface area contributed by atoms with Gasteiger partial charge >= 0.3 is 0 Å². The van der Waals surface area contributed by atoms with Gasteiger partial charge in [0.1, 0.15) is 5.69 Å². The van der Waals surface area contributed by atoms with Gasteiger partial charge in [0.15, 0.2) is 0 Å². The molecule has 1 aliphatic carbocycles. The molecule has 2 aromatic rings. The van der Waals surface area contributed by atoms with Gasteiger partial charge in [0.05, 0.1) is 11.0 Å². The van der Waals surface area contributed by atoms with E-state index in [4.69, 9.17) is 0 Å². The van der Waals surface area contributed by atoms with Crippen LogP contribution in [0.2, 0.25) is 0 Å². The number of fused-ring (bicyclic) bond motifs is 1. The van der Waals surface area contributed by atoms with E-state index in [0.717, 1.165) is 19.3 Å². The molecule has 1 aromatic heterocycles. The number of anilines is 1. The van der Waals surface area contributed by atoms with Crippen molar-refractivity contribution in [3.8, 4) is 0 Å². The second-order valence-electron chi connectivity index (χ2n) is 5.12. The molecule has 1 heterocycles. The Morgan fingerprint density at radius 3 is 3.05 bits per heavy atom. The predicted molar refractivity (Wildman–Crippen MR) is 81.5 cm³/mol. The quantitative estimate of drug-likeness (QED) is 0.670. The number of benzene rings is 1. The van der Waals surface area contributed by atoms with Crippen LogP contribution in [0.1, 0.15) is 34.9 Å². The molecule has 0 saturated heterocycles. The lowest BCUT2D eigenvalue weighted by Gasteiger charge is -2.24. The lowest BCUT2D eigenvalue weighted by atomic mass is 9.93. The van der Waals surface area contributed by atoms with Gasteiger partial charge in [-0.3, -0.25) is 10.1 Å². The summed E-state index contributed by atoms with van der Waals surface area (Å²) in [6.07, 6.45) is 3.28. The van der Waals surface area contributed by atoms with Gasteiger partial charge in [-0.2, -0.15) is 0 Å². The van der Waals surface area contributed by atoms with E-state index in [-0.39, 0.29) is 16.7 Å². The minimum atomic E-state index is -0.297. The number of aryl methyl sites for hydroxylation is 2. The molecule has 1 unspecified atom stereocenters. The van der Waals surface area contributed by atoms with Crippen LogP contribution in [0.15, 0.2) is 29.6 Å². The molecular formula is C15H16N2O2S. The Morgan fingerprint density at radius 1 is 1.40 bits per heavy atom. The number of hydrogen-bond acceptors (Lipinski definition) is 4. The molecule has 3 rings (SSSR count). The van der Waals surface area contributed by atoms with Crippen molar-refractivity contribution < 1.29 is 4.92 Å². The van der Waals surface area contributed by atoms with Crippen LogP contribution in [-0.2, 0) is 6.42 Å². The Balaban J connectivity index is 1.94. The lowest BCUT2D eigenvalue weighted by molar-refractivity contribution is -0.384. The minimum absolute atomic E-state index is 0.186. The average Bonchev–Trinajstić information content (AvgIpc) is 2.87. The topological polar surface area (TPSA) is 55.2 Å². The first-order valence-corrected chi connectivity index (χ1v) is 7.61. The van der Waals surface area contributed by atoms with Crippen LogP contribution < -0.4 is 5.32 Å². The summed E-state index contributed by atoms with van der Waals surface area (Å²) >= 11 is 1.78. The van der Waals surface area contributed by atoms with E-state index < -0.39 is 0 Å². The Bertz CT molecular complexity index is 651. The van der Waals surface area contributed by atoms with Crippen molar-refractivity contribution in [1.82, 2.24) is 0 Å². The third-order valence-electron chi connectivity index (χ3n) is 3.80. The zero-order valence-corrected chi connectivity index (χ0v) is 12.1. The van der Waals surface area contributed by atoms with Gasteiger partial charge in [0, 0.05) is 10.4 Å². The van der Waals surface area contributed by atoms with Crippen molar-refractivity contribution in [1.29, 1.82) is 0 Å². The van der Waals surface area contributed by atoms with Crippen molar-refractivity contribution in [2.45, 2.75) is 32.2 Å². The number of para-hydroxylation sites is 1. The Hall–Kier alpha value is -1.88. The van der Waals surface area contributed by atoms with E-state index in [1.807, 2.05) is 6.07 Å². The molecule has 1 aliphatic rings. The van der Waals surface area contributed by atoms with Gasteiger partial charge in [-0.05, 0) is 49.3 Å². The van der Waals surface area contributed by atoms with Crippen LogP contribution in [0.5, 0.6) is 0 Å². The number of rotatable bonds is 3. The zero-order valence-electron chi connectivity index (χ0n) is 11.3. The standard InChI is InChI=1S/C15H16N2O2S/c1-10-4-2-6-13(15(10)17(18)19)16-12-5-3-7-14-11(12)8-9-20-14/h2,4,6,8-9,12,16H,3,5,7H2,1H3. The fourth-order valence-electron chi connectivity index (χ4n) is 2.84. The average molecular weight is 288 g/mol. The lowest BCUT2D eigenvalue weighted by Crippen LogP contribution is -2.16. The summed E-state index contributed by atoms with van der Waals surface area (Å²) in [6.45, 7) is 1.78. The van der Waals surface area contributed by atoms with Crippen LogP contribution in [-0.4, -0.2) is 4.92 Å². The zero-order chi connectivity index (χ0) is 14.1. The molecule has 0 fully saturated rings. The van der Waals surface area contributed by atoms with Gasteiger partial charge < -0.3 is 5.32 Å². The largest absolute Gasteiger partial charge is 0.373 e. The molecule has 4 nitrogen and oxygen atoms in total. The van der Waals surface area contributed by atoms with Gasteiger partial charge in [0.25, 0.3) is 5.69 Å². The van der Waals surface area contributed by atoms with Gasteiger partial charge in [0.2, 0.25) is 0 Å². The molecular weight excluding hydrogens is 272 g/mol. The highest BCUT2D eigenvalue weighted by Crippen LogP contribution is 2.38. The van der Waals surface area contributed by atoms with Crippen LogP contribution in [0, 0.1) is 17.0 Å². The number of nitro benzene ring substituents is 1. The van der Waals surface area contributed by atoms with Crippen LogP contribution in [0.25, 0.3) is 0 Å². The second-order valence-corrected chi connectivity index (χ2v) is 6.12. The first-order chi connectivity index (χ1) is 9.66. The first kappa shape index (κ1) is 13.1. The molecule has 1 aromatic carbocycles. The molecule has 0 spiro atoms. The fraction of sp³-hybridized carbons (Fsp3) is 0.333. The number of nitro groups is 1. The molecule has 1 N–H and O–H groups in total. The monoisotopic (exact) mass is 288 g/mol. The summed E-state index contributed by atoms with van der Waals surface area (Å²) in [5, 5.41) is 16.7. The molecule has 0 amide bonds. The predicted octanol–water partition coefficient (Wildman–Crippen LogP) is 4.45. The molecule has 20 heavy (non-hydrogen) atoms. The summed E-state index contributed by atoms with van der Waals surface area (Å²) in [4.78, 5) is 12.4. The molecule has 1 atom stereocenters. The first-order valence-electron chi connectivity index (χ1n) is 6.73. The number of nitrogens with one attached hydrogen (secondary N) is 1. The number of hydrogen-bond donors (Lipinski definition) is 1. The van der Waals surface area contributed by atoms with Gasteiger partial charge in [-0.1, -0.05) is 12.1 Å². The van der Waals surface area contributed by atoms with E-state index in [0.29, 0.717) is 11.3 Å². The highest BCUT2D eigenvalue weighted by atomic mass is 32.1. The van der Waals surface area contributed by atoms with Crippen molar-refractivity contribution >= 4 is 22.7 Å². The van der Waals surface area contributed by atoms with E-state index in [9.17, 15) is 10.1 Å². The SMILES string of the molecule is Cc1cccc(NC2CCCc3sccc32)c1[N+](=O)[O-]. The Kier molecular flexibility index (Phi) is 3.44. The summed E-state index contributed by atoms with van der Waals surface area (Å²) in [5.74, 6) is 0. The summed E-state index contributed by atoms with van der Waals surface area (Å²) < 4.78 is 0. The molecule has 0 aliphatic heterocycles. The maximum absolute atomic E-state index is 11.2. The van der Waals surface area contributed by atoms with Crippen molar-refractivity contribution in [3.63, 3.8) is 0 Å². The maximum atomic E-state index is 11.2. The normalized spacial score (nSPS) is 17.6.